The molecular formula is C22H16N4O3. The normalized spacial score (nSPS) is 9.93. The first-order valence-corrected chi connectivity index (χ1v) is 8.66. The number of rotatable bonds is 5. The summed E-state index contributed by atoms with van der Waals surface area (Å²) >= 11 is 0. The van der Waals surface area contributed by atoms with Crippen LogP contribution >= 0.6 is 0 Å². The molecule has 0 spiro atoms. The van der Waals surface area contributed by atoms with Crippen LogP contribution in [-0.2, 0) is 0 Å². The van der Waals surface area contributed by atoms with Gasteiger partial charge in [0.2, 0.25) is 0 Å². The van der Waals surface area contributed by atoms with Crippen LogP contribution in [0.25, 0.3) is 0 Å². The summed E-state index contributed by atoms with van der Waals surface area (Å²) in [6.07, 6.45) is 1.36. The molecule has 0 bridgehead atoms. The average molecular weight is 384 g/mol. The molecule has 7 nitrogen and oxygen atoms in total. The van der Waals surface area contributed by atoms with E-state index in [1.165, 1.54) is 25.3 Å². The molecule has 0 aliphatic carbocycles. The van der Waals surface area contributed by atoms with Gasteiger partial charge in [-0.3, -0.25) is 19.4 Å². The molecule has 0 aliphatic heterocycles. The number of carbonyl (C=O) groups is 3. The van der Waals surface area contributed by atoms with Crippen LogP contribution in [0.1, 0.15) is 43.7 Å². The highest BCUT2D eigenvalue weighted by atomic mass is 16.2. The maximum Gasteiger partial charge on any atom is 0.274 e. The highest BCUT2D eigenvalue weighted by Crippen LogP contribution is 2.14. The van der Waals surface area contributed by atoms with Crippen molar-refractivity contribution < 1.29 is 14.4 Å². The number of hydrogen-bond acceptors (Lipinski definition) is 5. The van der Waals surface area contributed by atoms with Gasteiger partial charge in [0.05, 0.1) is 11.6 Å². The fraction of sp³-hybridized carbons (Fsp3) is 0.0455. The number of nitrogens with one attached hydrogen (secondary N) is 2. The summed E-state index contributed by atoms with van der Waals surface area (Å²) in [6.45, 7) is 1.44. The number of anilines is 2. The number of aromatic nitrogens is 1. The molecule has 7 heteroatoms. The molecule has 2 N–H and O–H groups in total. The molecule has 0 unspecified atom stereocenters. The van der Waals surface area contributed by atoms with E-state index in [9.17, 15) is 14.4 Å². The minimum absolute atomic E-state index is 0.0525. The summed E-state index contributed by atoms with van der Waals surface area (Å²) in [5.74, 6) is -1.06. The average Bonchev–Trinajstić information content (AvgIpc) is 2.74. The van der Waals surface area contributed by atoms with Crippen LogP contribution in [0.4, 0.5) is 11.4 Å². The molecule has 0 radical (unpaired) electrons. The van der Waals surface area contributed by atoms with E-state index in [2.05, 4.69) is 15.6 Å². The molecule has 0 aliphatic rings. The van der Waals surface area contributed by atoms with Gasteiger partial charge in [0.15, 0.2) is 5.78 Å². The van der Waals surface area contributed by atoms with E-state index in [4.69, 9.17) is 5.26 Å². The van der Waals surface area contributed by atoms with Gasteiger partial charge in [0, 0.05) is 28.7 Å². The Morgan fingerprint density at radius 1 is 0.862 bits per heavy atom. The van der Waals surface area contributed by atoms with Crippen molar-refractivity contribution in [1.29, 1.82) is 5.26 Å². The van der Waals surface area contributed by atoms with Crippen molar-refractivity contribution >= 4 is 29.0 Å². The van der Waals surface area contributed by atoms with Gasteiger partial charge in [-0.2, -0.15) is 5.26 Å². The van der Waals surface area contributed by atoms with Crippen molar-refractivity contribution in [3.05, 3.63) is 89.2 Å². The van der Waals surface area contributed by atoms with Crippen molar-refractivity contribution in [1.82, 2.24) is 4.98 Å². The first kappa shape index (κ1) is 19.5. The van der Waals surface area contributed by atoms with Gasteiger partial charge in [-0.15, -0.1) is 0 Å². The molecule has 1 aromatic heterocycles. The van der Waals surface area contributed by atoms with Gasteiger partial charge in [0.25, 0.3) is 11.8 Å². The van der Waals surface area contributed by atoms with E-state index in [0.717, 1.165) is 0 Å². The number of nitrogens with zero attached hydrogens (tertiary/aromatic N) is 2. The number of carbonyl (C=O) groups excluding carboxylic acids is 3. The second-order valence-electron chi connectivity index (χ2n) is 6.17. The van der Waals surface area contributed by atoms with Crippen LogP contribution in [0.2, 0.25) is 0 Å². The number of nitriles is 1. The Labute approximate surface area is 167 Å². The number of amides is 2. The molecular weight excluding hydrogens is 368 g/mol. The molecule has 3 rings (SSSR count). The third-order valence-electron chi connectivity index (χ3n) is 4.03. The van der Waals surface area contributed by atoms with Crippen LogP contribution in [0.3, 0.4) is 0 Å². The second-order valence-corrected chi connectivity index (χ2v) is 6.17. The van der Waals surface area contributed by atoms with Crippen LogP contribution in [0.5, 0.6) is 0 Å². The van der Waals surface area contributed by atoms with E-state index in [1.807, 2.05) is 6.07 Å². The van der Waals surface area contributed by atoms with Crippen molar-refractivity contribution in [2.75, 3.05) is 10.6 Å². The third-order valence-corrected chi connectivity index (χ3v) is 4.03. The van der Waals surface area contributed by atoms with Gasteiger partial charge >= 0.3 is 0 Å². The summed E-state index contributed by atoms with van der Waals surface area (Å²) in [5, 5.41) is 14.3. The number of benzene rings is 2. The van der Waals surface area contributed by atoms with E-state index in [0.29, 0.717) is 22.5 Å². The zero-order chi connectivity index (χ0) is 20.8. The molecule has 0 saturated carbocycles. The molecule has 3 aromatic rings. The first-order valence-electron chi connectivity index (χ1n) is 8.66. The zero-order valence-corrected chi connectivity index (χ0v) is 15.5. The fourth-order valence-corrected chi connectivity index (χ4v) is 2.58. The Hall–Kier alpha value is -4.31. The maximum atomic E-state index is 12.5. The molecule has 2 aromatic carbocycles. The van der Waals surface area contributed by atoms with E-state index >= 15 is 0 Å². The van der Waals surface area contributed by atoms with Gasteiger partial charge in [-0.1, -0.05) is 18.2 Å². The highest BCUT2D eigenvalue weighted by Gasteiger charge is 2.13. The summed E-state index contributed by atoms with van der Waals surface area (Å²) in [4.78, 5) is 40.4. The van der Waals surface area contributed by atoms with Crippen LogP contribution in [-0.4, -0.2) is 22.6 Å². The summed E-state index contributed by atoms with van der Waals surface area (Å²) in [6, 6.07) is 17.9. The monoisotopic (exact) mass is 384 g/mol. The standard InChI is InChI=1S/C22H16N4O3/c1-14(27)16-5-3-7-19(11-16)26-22(29)20-12-17(8-9-24-20)21(28)25-18-6-2-4-15(10-18)13-23/h2-12H,1H3,(H,25,28)(H,26,29). The van der Waals surface area contributed by atoms with Crippen molar-refractivity contribution in [2.24, 2.45) is 0 Å². The van der Waals surface area contributed by atoms with Gasteiger partial charge < -0.3 is 10.6 Å². The van der Waals surface area contributed by atoms with E-state index in [1.54, 1.807) is 48.5 Å². The number of pyridine rings is 1. The largest absolute Gasteiger partial charge is 0.322 e. The summed E-state index contributed by atoms with van der Waals surface area (Å²) in [5.41, 5.74) is 2.11. The molecule has 1 heterocycles. The number of Topliss-reactive ketones (excluding diaryl/α,β-unsaturated/α-hetero) is 1. The predicted molar refractivity (Wildman–Crippen MR) is 108 cm³/mol. The Balaban J connectivity index is 1.75. The predicted octanol–water partition coefficient (Wildman–Crippen LogP) is 3.66. The van der Waals surface area contributed by atoms with Crippen LogP contribution in [0.15, 0.2) is 66.9 Å². The molecule has 0 atom stereocenters. The minimum Gasteiger partial charge on any atom is -0.322 e. The minimum atomic E-state index is -0.508. The topological polar surface area (TPSA) is 112 Å². The van der Waals surface area contributed by atoms with Crippen molar-refractivity contribution in [2.45, 2.75) is 6.92 Å². The second kappa shape index (κ2) is 8.59. The Bertz CT molecular complexity index is 1150. The number of ketones is 1. The Kier molecular flexibility index (Phi) is 5.76. The highest BCUT2D eigenvalue weighted by molar-refractivity contribution is 6.08. The first-order chi connectivity index (χ1) is 14.0. The quantitative estimate of drug-likeness (QED) is 0.652. The van der Waals surface area contributed by atoms with Gasteiger partial charge in [0.1, 0.15) is 5.69 Å². The lowest BCUT2D eigenvalue weighted by Gasteiger charge is -2.08. The summed E-state index contributed by atoms with van der Waals surface area (Å²) < 4.78 is 0. The van der Waals surface area contributed by atoms with Gasteiger partial charge in [-0.25, -0.2) is 0 Å². The lowest BCUT2D eigenvalue weighted by Crippen LogP contribution is -2.17. The lowest BCUT2D eigenvalue weighted by atomic mass is 10.1. The zero-order valence-electron chi connectivity index (χ0n) is 15.5. The third kappa shape index (κ3) is 4.90. The molecule has 2 amide bonds. The van der Waals surface area contributed by atoms with Crippen molar-refractivity contribution in [3.8, 4) is 6.07 Å². The van der Waals surface area contributed by atoms with Crippen LogP contribution in [0, 0.1) is 11.3 Å². The SMILES string of the molecule is CC(=O)c1cccc(NC(=O)c2cc(C(=O)Nc3cccc(C#N)c3)ccn2)c1. The lowest BCUT2D eigenvalue weighted by molar-refractivity contribution is 0.100. The fourth-order valence-electron chi connectivity index (χ4n) is 2.58. The van der Waals surface area contributed by atoms with Crippen molar-refractivity contribution in [3.63, 3.8) is 0 Å². The maximum absolute atomic E-state index is 12.5. The van der Waals surface area contributed by atoms with E-state index in [-0.39, 0.29) is 17.0 Å². The molecule has 0 fully saturated rings. The van der Waals surface area contributed by atoms with E-state index < -0.39 is 11.8 Å². The van der Waals surface area contributed by atoms with Gasteiger partial charge in [-0.05, 0) is 49.4 Å². The Morgan fingerprint density at radius 3 is 2.28 bits per heavy atom. The van der Waals surface area contributed by atoms with Crippen LogP contribution < -0.4 is 10.6 Å². The Morgan fingerprint density at radius 2 is 1.55 bits per heavy atom. The molecule has 29 heavy (non-hydrogen) atoms. The molecule has 0 saturated heterocycles. The number of hydrogen-bond donors (Lipinski definition) is 2. The smallest absolute Gasteiger partial charge is 0.274 e. The molecule has 142 valence electrons. The summed E-state index contributed by atoms with van der Waals surface area (Å²) in [7, 11) is 0.